The average Bonchev–Trinajstić information content (AvgIpc) is 2.90. The summed E-state index contributed by atoms with van der Waals surface area (Å²) in [7, 11) is 0. The van der Waals surface area contributed by atoms with Crippen LogP contribution in [0.15, 0.2) is 34.9 Å². The van der Waals surface area contributed by atoms with Crippen LogP contribution in [0, 0.1) is 13.8 Å². The van der Waals surface area contributed by atoms with Crippen LogP contribution in [0.5, 0.6) is 0 Å². The number of rotatable bonds is 7. The molecular formula is C16H19N3O3S. The lowest BCUT2D eigenvalue weighted by Crippen LogP contribution is -2.25. The molecule has 0 aliphatic rings. The van der Waals surface area contributed by atoms with Gasteiger partial charge in [0.05, 0.1) is 11.5 Å². The normalized spacial score (nSPS) is 10.3. The van der Waals surface area contributed by atoms with E-state index in [1.54, 1.807) is 13.0 Å². The highest BCUT2D eigenvalue weighted by molar-refractivity contribution is 8.00. The number of thioether (sulfide) groups is 1. The smallest absolute Gasteiger partial charge is 0.235 e. The van der Waals surface area contributed by atoms with Gasteiger partial charge in [0.1, 0.15) is 5.76 Å². The summed E-state index contributed by atoms with van der Waals surface area (Å²) in [4.78, 5) is 23.4. The zero-order valence-electron chi connectivity index (χ0n) is 13.1. The molecule has 2 N–H and O–H groups in total. The maximum Gasteiger partial charge on any atom is 0.235 e. The van der Waals surface area contributed by atoms with Gasteiger partial charge in [-0.2, -0.15) is 0 Å². The van der Waals surface area contributed by atoms with Crippen LogP contribution < -0.4 is 10.6 Å². The number of nitrogens with one attached hydrogen (secondary N) is 2. The number of benzene rings is 1. The number of aromatic nitrogens is 1. The molecule has 0 aliphatic carbocycles. The first-order valence-corrected chi connectivity index (χ1v) is 8.31. The standard InChI is InChI=1S/C16H19N3O3S/c1-11-4-3-5-13(6-11)8-17-15(20)9-23-10-16(21)18-14-7-12(2)22-19-14/h3-7H,8-10H2,1-2H3,(H,17,20)(H,18,19,21). The lowest BCUT2D eigenvalue weighted by molar-refractivity contribution is -0.118. The second-order valence-corrected chi connectivity index (χ2v) is 6.12. The van der Waals surface area contributed by atoms with Gasteiger partial charge in [-0.05, 0) is 19.4 Å². The number of nitrogens with zero attached hydrogens (tertiary/aromatic N) is 1. The Hall–Kier alpha value is -2.28. The number of carbonyl (C=O) groups is 2. The van der Waals surface area contributed by atoms with Gasteiger partial charge in [-0.3, -0.25) is 9.59 Å². The minimum Gasteiger partial charge on any atom is -0.360 e. The third-order valence-electron chi connectivity index (χ3n) is 2.93. The lowest BCUT2D eigenvalue weighted by Gasteiger charge is -2.06. The molecule has 0 saturated carbocycles. The van der Waals surface area contributed by atoms with Crippen molar-refractivity contribution in [3.63, 3.8) is 0 Å². The molecule has 0 aliphatic heterocycles. The molecule has 1 aromatic heterocycles. The monoisotopic (exact) mass is 333 g/mol. The molecule has 0 bridgehead atoms. The third kappa shape index (κ3) is 6.15. The van der Waals surface area contributed by atoms with Crippen LogP contribution in [0.1, 0.15) is 16.9 Å². The molecule has 2 aromatic rings. The quantitative estimate of drug-likeness (QED) is 0.812. The fourth-order valence-electron chi connectivity index (χ4n) is 1.91. The van der Waals surface area contributed by atoms with Crippen molar-refractivity contribution >= 4 is 29.4 Å². The van der Waals surface area contributed by atoms with Crippen molar-refractivity contribution in [1.29, 1.82) is 0 Å². The van der Waals surface area contributed by atoms with E-state index < -0.39 is 0 Å². The van der Waals surface area contributed by atoms with Crippen molar-refractivity contribution in [2.75, 3.05) is 16.8 Å². The summed E-state index contributed by atoms with van der Waals surface area (Å²) in [5.41, 5.74) is 2.22. The van der Waals surface area contributed by atoms with Crippen LogP contribution >= 0.6 is 11.8 Å². The molecule has 1 aromatic carbocycles. The molecule has 0 fully saturated rings. The van der Waals surface area contributed by atoms with E-state index in [1.165, 1.54) is 11.8 Å². The van der Waals surface area contributed by atoms with E-state index in [1.807, 2.05) is 31.2 Å². The number of hydrogen-bond acceptors (Lipinski definition) is 5. The number of anilines is 1. The predicted molar refractivity (Wildman–Crippen MR) is 90.2 cm³/mol. The molecule has 0 saturated heterocycles. The van der Waals surface area contributed by atoms with Crippen LogP contribution in [0.2, 0.25) is 0 Å². The van der Waals surface area contributed by atoms with E-state index >= 15 is 0 Å². The Balaban J connectivity index is 1.63. The maximum atomic E-state index is 11.8. The molecule has 0 spiro atoms. The van der Waals surface area contributed by atoms with E-state index in [4.69, 9.17) is 4.52 Å². The Morgan fingerprint density at radius 1 is 1.17 bits per heavy atom. The fraction of sp³-hybridized carbons (Fsp3) is 0.312. The van der Waals surface area contributed by atoms with Crippen LogP contribution in [0.25, 0.3) is 0 Å². The molecule has 23 heavy (non-hydrogen) atoms. The highest BCUT2D eigenvalue weighted by atomic mass is 32.2. The number of hydrogen-bond donors (Lipinski definition) is 2. The van der Waals surface area contributed by atoms with Crippen molar-refractivity contribution in [1.82, 2.24) is 10.5 Å². The molecule has 2 amide bonds. The number of aryl methyl sites for hydroxylation is 2. The molecule has 6 nitrogen and oxygen atoms in total. The second-order valence-electron chi connectivity index (χ2n) is 5.13. The number of carbonyl (C=O) groups excluding carboxylic acids is 2. The van der Waals surface area contributed by atoms with Crippen molar-refractivity contribution in [2.24, 2.45) is 0 Å². The Labute approximate surface area is 139 Å². The van der Waals surface area contributed by atoms with Gasteiger partial charge in [0.25, 0.3) is 0 Å². The molecule has 122 valence electrons. The van der Waals surface area contributed by atoms with E-state index in [9.17, 15) is 9.59 Å². The van der Waals surface area contributed by atoms with E-state index in [-0.39, 0.29) is 23.3 Å². The summed E-state index contributed by atoms with van der Waals surface area (Å²) < 4.78 is 4.85. The topological polar surface area (TPSA) is 84.2 Å². The summed E-state index contributed by atoms with van der Waals surface area (Å²) in [5, 5.41) is 9.11. The van der Waals surface area contributed by atoms with Gasteiger partial charge in [0, 0.05) is 12.6 Å². The Bertz CT molecular complexity index is 685. The first kappa shape index (κ1) is 17.1. The van der Waals surface area contributed by atoms with Gasteiger partial charge in [-0.15, -0.1) is 11.8 Å². The van der Waals surface area contributed by atoms with Crippen LogP contribution in [-0.2, 0) is 16.1 Å². The Morgan fingerprint density at radius 2 is 1.96 bits per heavy atom. The van der Waals surface area contributed by atoms with Gasteiger partial charge in [0.15, 0.2) is 5.82 Å². The van der Waals surface area contributed by atoms with Crippen molar-refractivity contribution < 1.29 is 14.1 Å². The first-order chi connectivity index (χ1) is 11.0. The highest BCUT2D eigenvalue weighted by Crippen LogP contribution is 2.08. The lowest BCUT2D eigenvalue weighted by atomic mass is 10.1. The molecule has 0 unspecified atom stereocenters. The molecule has 0 radical (unpaired) electrons. The average molecular weight is 333 g/mol. The van der Waals surface area contributed by atoms with Gasteiger partial charge in [0.2, 0.25) is 11.8 Å². The van der Waals surface area contributed by atoms with E-state index in [0.29, 0.717) is 18.1 Å². The van der Waals surface area contributed by atoms with Crippen molar-refractivity contribution in [3.8, 4) is 0 Å². The largest absolute Gasteiger partial charge is 0.360 e. The van der Waals surface area contributed by atoms with Gasteiger partial charge >= 0.3 is 0 Å². The molecule has 0 atom stereocenters. The number of amides is 2. The second kappa shape index (κ2) is 8.38. The minimum absolute atomic E-state index is 0.0958. The van der Waals surface area contributed by atoms with Crippen molar-refractivity contribution in [3.05, 3.63) is 47.2 Å². The van der Waals surface area contributed by atoms with Crippen LogP contribution in [-0.4, -0.2) is 28.5 Å². The summed E-state index contributed by atoms with van der Waals surface area (Å²) in [6.07, 6.45) is 0. The van der Waals surface area contributed by atoms with Crippen LogP contribution in [0.4, 0.5) is 5.82 Å². The summed E-state index contributed by atoms with van der Waals surface area (Å²) in [6, 6.07) is 9.60. The first-order valence-electron chi connectivity index (χ1n) is 7.16. The van der Waals surface area contributed by atoms with Gasteiger partial charge < -0.3 is 15.2 Å². The van der Waals surface area contributed by atoms with E-state index in [2.05, 4.69) is 15.8 Å². The predicted octanol–water partition coefficient (Wildman–Crippen LogP) is 2.28. The third-order valence-corrected chi connectivity index (χ3v) is 3.87. The fourth-order valence-corrected chi connectivity index (χ4v) is 2.56. The van der Waals surface area contributed by atoms with Gasteiger partial charge in [-0.25, -0.2) is 0 Å². The van der Waals surface area contributed by atoms with Crippen molar-refractivity contribution in [2.45, 2.75) is 20.4 Å². The summed E-state index contributed by atoms with van der Waals surface area (Å²) in [6.45, 7) is 4.25. The van der Waals surface area contributed by atoms with E-state index in [0.717, 1.165) is 11.1 Å². The molecule has 7 heteroatoms. The highest BCUT2D eigenvalue weighted by Gasteiger charge is 2.08. The maximum absolute atomic E-state index is 11.8. The molecule has 1 heterocycles. The Kier molecular flexibility index (Phi) is 6.22. The molecule has 2 rings (SSSR count). The van der Waals surface area contributed by atoms with Gasteiger partial charge in [-0.1, -0.05) is 35.0 Å². The Morgan fingerprint density at radius 3 is 2.65 bits per heavy atom. The SMILES string of the molecule is Cc1cccc(CNC(=O)CSCC(=O)Nc2cc(C)on2)c1. The van der Waals surface area contributed by atoms with Crippen LogP contribution in [0.3, 0.4) is 0 Å². The molecular weight excluding hydrogens is 314 g/mol. The summed E-state index contributed by atoms with van der Waals surface area (Å²) >= 11 is 1.25. The minimum atomic E-state index is -0.213. The zero-order chi connectivity index (χ0) is 16.7. The summed E-state index contributed by atoms with van der Waals surface area (Å²) in [5.74, 6) is 1.12. The zero-order valence-corrected chi connectivity index (χ0v) is 13.9.